The number of alkyl halides is 1. The topological polar surface area (TPSA) is 3.24 Å². The van der Waals surface area contributed by atoms with Crippen molar-refractivity contribution in [3.8, 4) is 0 Å². The van der Waals surface area contributed by atoms with E-state index in [-0.39, 0.29) is 4.71 Å². The van der Waals surface area contributed by atoms with Crippen LogP contribution in [-0.2, 0) is 0 Å². The highest BCUT2D eigenvalue weighted by Gasteiger charge is 2.18. The summed E-state index contributed by atoms with van der Waals surface area (Å²) in [4.78, 5) is 0. The summed E-state index contributed by atoms with van der Waals surface area (Å²) in [6, 6.07) is 0. The molecule has 0 amide bonds. The molecule has 8 heavy (non-hydrogen) atoms. The quantitative estimate of drug-likeness (QED) is 0.405. The van der Waals surface area contributed by atoms with Crippen LogP contribution in [0.4, 0.5) is 0 Å². The summed E-state index contributed by atoms with van der Waals surface area (Å²) in [7, 11) is 1.91. The molecule has 0 aromatic rings. The summed E-state index contributed by atoms with van der Waals surface area (Å²) in [5.74, 6) is 0. The largest absolute Gasteiger partial charge is 0.324 e. The Kier molecular flexibility index (Phi) is 1.96. The smallest absolute Gasteiger partial charge is 0.136 e. The highest BCUT2D eigenvalue weighted by molar-refractivity contribution is 7.99. The first-order chi connectivity index (χ1) is 3.70. The van der Waals surface area contributed by atoms with Gasteiger partial charge in [-0.05, 0) is 11.9 Å². The molecule has 0 radical (unpaired) electrons. The van der Waals surface area contributed by atoms with Crippen molar-refractivity contribution >= 4 is 35.1 Å². The summed E-state index contributed by atoms with van der Waals surface area (Å²) >= 11 is 12.8. The zero-order chi connectivity index (χ0) is 6.15. The standard InChI is InChI=1S/C4H5Cl2NS/c1-7-2-3(5)4(6)8-7/h2,4H,1H3. The predicted octanol–water partition coefficient (Wildman–Crippen LogP) is 2.23. The summed E-state index contributed by atoms with van der Waals surface area (Å²) in [5.41, 5.74) is 0. The van der Waals surface area contributed by atoms with Gasteiger partial charge in [0.05, 0.1) is 5.03 Å². The first kappa shape index (κ1) is 6.59. The molecule has 1 aliphatic heterocycles. The van der Waals surface area contributed by atoms with Crippen molar-refractivity contribution in [3.63, 3.8) is 0 Å². The van der Waals surface area contributed by atoms with Crippen LogP contribution in [0.2, 0.25) is 0 Å². The normalized spacial score (nSPS) is 28.6. The molecule has 1 heterocycles. The van der Waals surface area contributed by atoms with Gasteiger partial charge in [0.15, 0.2) is 0 Å². The first-order valence-corrected chi connectivity index (χ1v) is 3.76. The first-order valence-electron chi connectivity index (χ1n) is 2.11. The van der Waals surface area contributed by atoms with E-state index in [9.17, 15) is 0 Å². The van der Waals surface area contributed by atoms with Crippen LogP contribution in [0.3, 0.4) is 0 Å². The highest BCUT2D eigenvalue weighted by Crippen LogP contribution is 2.34. The van der Waals surface area contributed by atoms with Crippen molar-refractivity contribution < 1.29 is 0 Å². The highest BCUT2D eigenvalue weighted by atomic mass is 35.5. The zero-order valence-electron chi connectivity index (χ0n) is 4.27. The van der Waals surface area contributed by atoms with E-state index in [0.717, 1.165) is 0 Å². The maximum Gasteiger partial charge on any atom is 0.136 e. The van der Waals surface area contributed by atoms with Crippen LogP contribution in [0, 0.1) is 0 Å². The van der Waals surface area contributed by atoms with Gasteiger partial charge in [-0.2, -0.15) is 0 Å². The van der Waals surface area contributed by atoms with E-state index in [4.69, 9.17) is 23.2 Å². The third kappa shape index (κ3) is 1.24. The Balaban J connectivity index is 2.59. The molecule has 0 aromatic carbocycles. The maximum atomic E-state index is 5.68. The number of halogens is 2. The molecule has 0 aromatic heterocycles. The van der Waals surface area contributed by atoms with Crippen molar-refractivity contribution in [1.29, 1.82) is 0 Å². The second kappa shape index (κ2) is 2.38. The molecule has 1 unspecified atom stereocenters. The molecule has 4 heteroatoms. The Labute approximate surface area is 62.8 Å². The summed E-state index contributed by atoms with van der Waals surface area (Å²) < 4.78 is 1.82. The van der Waals surface area contributed by atoms with E-state index < -0.39 is 0 Å². The molecule has 0 saturated carbocycles. The van der Waals surface area contributed by atoms with E-state index in [0.29, 0.717) is 5.03 Å². The van der Waals surface area contributed by atoms with Gasteiger partial charge in [0.25, 0.3) is 0 Å². The molecule has 46 valence electrons. The lowest BCUT2D eigenvalue weighted by atomic mass is 10.7. The fraction of sp³-hybridized carbons (Fsp3) is 0.500. The lowest BCUT2D eigenvalue weighted by Crippen LogP contribution is -1.93. The van der Waals surface area contributed by atoms with E-state index in [2.05, 4.69) is 0 Å². The molecule has 0 aliphatic carbocycles. The van der Waals surface area contributed by atoms with E-state index >= 15 is 0 Å². The van der Waals surface area contributed by atoms with Crippen molar-refractivity contribution in [2.24, 2.45) is 0 Å². The van der Waals surface area contributed by atoms with Gasteiger partial charge >= 0.3 is 0 Å². The molecule has 1 atom stereocenters. The van der Waals surface area contributed by atoms with Crippen LogP contribution in [-0.4, -0.2) is 16.1 Å². The minimum atomic E-state index is -0.0679. The molecule has 0 fully saturated rings. The van der Waals surface area contributed by atoms with Gasteiger partial charge in [-0.25, -0.2) is 0 Å². The molecular weight excluding hydrogens is 165 g/mol. The number of rotatable bonds is 0. The molecule has 1 nitrogen and oxygen atoms in total. The van der Waals surface area contributed by atoms with Gasteiger partial charge < -0.3 is 4.31 Å². The van der Waals surface area contributed by atoms with Crippen LogP contribution >= 0.6 is 35.1 Å². The number of hydrogen-bond acceptors (Lipinski definition) is 2. The van der Waals surface area contributed by atoms with Gasteiger partial charge in [-0.1, -0.05) is 11.6 Å². The van der Waals surface area contributed by atoms with Crippen molar-refractivity contribution in [1.82, 2.24) is 4.31 Å². The molecule has 1 aliphatic rings. The van der Waals surface area contributed by atoms with Crippen molar-refractivity contribution in [3.05, 3.63) is 11.2 Å². The van der Waals surface area contributed by atoms with Crippen LogP contribution in [0.25, 0.3) is 0 Å². The monoisotopic (exact) mass is 169 g/mol. The fourth-order valence-electron chi connectivity index (χ4n) is 0.459. The molecule has 0 N–H and O–H groups in total. The summed E-state index contributed by atoms with van der Waals surface area (Å²) in [5, 5.41) is 0.708. The zero-order valence-corrected chi connectivity index (χ0v) is 6.59. The van der Waals surface area contributed by atoms with Gasteiger partial charge in [-0.3, -0.25) is 0 Å². The van der Waals surface area contributed by atoms with Crippen LogP contribution in [0.1, 0.15) is 0 Å². The minimum absolute atomic E-state index is 0.0679. The number of hydrogen-bond donors (Lipinski definition) is 0. The third-order valence-corrected chi connectivity index (χ3v) is 2.69. The molecule has 0 bridgehead atoms. The molecule has 0 spiro atoms. The van der Waals surface area contributed by atoms with Crippen molar-refractivity contribution in [2.45, 2.75) is 4.71 Å². The lowest BCUT2D eigenvalue weighted by molar-refractivity contribution is 0.787. The number of nitrogens with zero attached hydrogens (tertiary/aromatic N) is 1. The van der Waals surface area contributed by atoms with Gasteiger partial charge in [0.1, 0.15) is 4.71 Å². The summed E-state index contributed by atoms with van der Waals surface area (Å²) in [6.45, 7) is 0. The van der Waals surface area contributed by atoms with Crippen molar-refractivity contribution in [2.75, 3.05) is 7.05 Å². The molecular formula is C4H5Cl2NS. The minimum Gasteiger partial charge on any atom is -0.324 e. The second-order valence-corrected chi connectivity index (χ2v) is 3.87. The maximum absolute atomic E-state index is 5.68. The molecule has 1 rings (SSSR count). The Morgan fingerprint density at radius 2 is 2.50 bits per heavy atom. The fourth-order valence-corrected chi connectivity index (χ4v) is 1.84. The van der Waals surface area contributed by atoms with E-state index in [1.54, 1.807) is 0 Å². The second-order valence-electron chi connectivity index (χ2n) is 1.48. The average molecular weight is 170 g/mol. The Bertz CT molecular complexity index is 125. The van der Waals surface area contributed by atoms with Crippen LogP contribution < -0.4 is 0 Å². The van der Waals surface area contributed by atoms with Gasteiger partial charge in [0, 0.05) is 13.2 Å². The Hall–Kier alpha value is 0.470. The lowest BCUT2D eigenvalue weighted by Gasteiger charge is -2.03. The van der Waals surface area contributed by atoms with Gasteiger partial charge in [0.2, 0.25) is 0 Å². The Morgan fingerprint density at radius 3 is 2.62 bits per heavy atom. The Morgan fingerprint density at radius 1 is 1.88 bits per heavy atom. The molecule has 0 saturated heterocycles. The third-order valence-electron chi connectivity index (χ3n) is 0.781. The van der Waals surface area contributed by atoms with E-state index in [1.807, 2.05) is 17.6 Å². The summed E-state index contributed by atoms with van der Waals surface area (Å²) in [6.07, 6.45) is 1.81. The average Bonchev–Trinajstić information content (AvgIpc) is 1.85. The predicted molar refractivity (Wildman–Crippen MR) is 38.9 cm³/mol. The van der Waals surface area contributed by atoms with Crippen LogP contribution in [0.15, 0.2) is 11.2 Å². The van der Waals surface area contributed by atoms with Gasteiger partial charge in [-0.15, -0.1) is 11.6 Å². The van der Waals surface area contributed by atoms with E-state index in [1.165, 1.54) is 11.9 Å². The van der Waals surface area contributed by atoms with Crippen LogP contribution in [0.5, 0.6) is 0 Å². The SMILES string of the molecule is CN1C=C(Cl)C(Cl)S1.